The molecule has 8 nitrogen and oxygen atoms in total. The summed E-state index contributed by atoms with van der Waals surface area (Å²) in [6.45, 7) is 6.55. The molecule has 0 saturated carbocycles. The summed E-state index contributed by atoms with van der Waals surface area (Å²) in [5.41, 5.74) is 4.75. The van der Waals surface area contributed by atoms with Gasteiger partial charge in [-0.3, -0.25) is 9.78 Å². The van der Waals surface area contributed by atoms with Gasteiger partial charge in [0.1, 0.15) is 6.10 Å². The summed E-state index contributed by atoms with van der Waals surface area (Å²) in [5.74, 6) is 0.463. The molecule has 5 heterocycles. The number of nitrogens with one attached hydrogen (secondary N) is 1. The number of nitrogens with zero attached hydrogens (tertiary/aromatic N) is 5. The van der Waals surface area contributed by atoms with Crippen molar-refractivity contribution in [3.05, 3.63) is 51.7 Å². The van der Waals surface area contributed by atoms with E-state index < -0.39 is 0 Å². The smallest absolute Gasteiger partial charge is 0.258 e. The molecule has 0 atom stereocenters. The number of piperidine rings is 1. The number of pyridine rings is 1. The van der Waals surface area contributed by atoms with Crippen LogP contribution in [0, 0.1) is 13.8 Å². The van der Waals surface area contributed by atoms with E-state index in [0.29, 0.717) is 29.4 Å². The summed E-state index contributed by atoms with van der Waals surface area (Å²) in [5, 5.41) is 8.60. The lowest BCUT2D eigenvalue weighted by Gasteiger charge is -2.25. The van der Waals surface area contributed by atoms with Crippen molar-refractivity contribution in [3.63, 3.8) is 0 Å². The van der Waals surface area contributed by atoms with Crippen molar-refractivity contribution in [1.82, 2.24) is 29.8 Å². The molecule has 0 radical (unpaired) electrons. The number of halogens is 1. The van der Waals surface area contributed by atoms with E-state index in [-0.39, 0.29) is 12.0 Å². The molecule has 2 aliphatic rings. The maximum absolute atomic E-state index is 13.3. The van der Waals surface area contributed by atoms with Gasteiger partial charge in [-0.05, 0) is 45.8 Å². The highest BCUT2D eigenvalue weighted by Gasteiger charge is 2.32. The molecule has 5 rings (SSSR count). The summed E-state index contributed by atoms with van der Waals surface area (Å²) in [6, 6.07) is 1.73. The van der Waals surface area contributed by atoms with Gasteiger partial charge in [0, 0.05) is 11.8 Å². The Bertz CT molecular complexity index is 1140. The zero-order chi connectivity index (χ0) is 20.8. The van der Waals surface area contributed by atoms with Crippen LogP contribution in [0.1, 0.15) is 45.8 Å². The summed E-state index contributed by atoms with van der Waals surface area (Å²) in [7, 11) is 0. The normalized spacial score (nSPS) is 16.8. The van der Waals surface area contributed by atoms with Gasteiger partial charge in [-0.2, -0.15) is 5.10 Å². The molecule has 2 aliphatic heterocycles. The molecule has 3 aromatic rings. The number of hydrogen-bond acceptors (Lipinski definition) is 6. The third-order valence-corrected chi connectivity index (χ3v) is 6.38. The third kappa shape index (κ3) is 3.20. The van der Waals surface area contributed by atoms with Crippen molar-refractivity contribution < 1.29 is 9.53 Å². The van der Waals surface area contributed by atoms with E-state index in [0.717, 1.165) is 54.2 Å². The fraction of sp³-hybridized carbons (Fsp3) is 0.429. The van der Waals surface area contributed by atoms with Crippen molar-refractivity contribution >= 4 is 23.2 Å². The van der Waals surface area contributed by atoms with E-state index in [4.69, 9.17) is 16.3 Å². The molecule has 1 N–H and O–H groups in total. The monoisotopic (exact) mass is 426 g/mol. The van der Waals surface area contributed by atoms with E-state index in [1.807, 2.05) is 13.8 Å². The minimum Gasteiger partial charge on any atom is -0.488 e. The van der Waals surface area contributed by atoms with Gasteiger partial charge in [-0.25, -0.2) is 9.50 Å². The van der Waals surface area contributed by atoms with E-state index in [2.05, 4.69) is 20.4 Å². The van der Waals surface area contributed by atoms with Crippen LogP contribution in [0.15, 0.2) is 18.5 Å². The Morgan fingerprint density at radius 2 is 2.07 bits per heavy atom. The fourth-order valence-electron chi connectivity index (χ4n) is 4.17. The molecular weight excluding hydrogens is 404 g/mol. The minimum absolute atomic E-state index is 0.0834. The van der Waals surface area contributed by atoms with Gasteiger partial charge in [-0.15, -0.1) is 0 Å². The standard InChI is InChI=1S/C21H23ClN6O2/c1-12-19(22)13(2)28-20(25-12)16-10-27(11-17(16)26-28)21(29)15-5-8-24-9-18(15)30-14-3-6-23-7-4-14/h5,8-9,14,23H,3-4,6-7,10-11H2,1-2H3. The predicted octanol–water partition coefficient (Wildman–Crippen LogP) is 2.68. The van der Waals surface area contributed by atoms with Crippen molar-refractivity contribution in [2.45, 2.75) is 45.9 Å². The molecule has 30 heavy (non-hydrogen) atoms. The molecule has 156 valence electrons. The lowest BCUT2D eigenvalue weighted by atomic mass is 10.1. The topological polar surface area (TPSA) is 84.7 Å². The molecule has 0 bridgehead atoms. The summed E-state index contributed by atoms with van der Waals surface area (Å²) >= 11 is 6.32. The molecule has 1 fully saturated rings. The Kier molecular flexibility index (Phi) is 4.83. The fourth-order valence-corrected chi connectivity index (χ4v) is 4.29. The van der Waals surface area contributed by atoms with E-state index >= 15 is 0 Å². The molecule has 9 heteroatoms. The third-order valence-electron chi connectivity index (χ3n) is 5.84. The number of aryl methyl sites for hydroxylation is 2. The molecular formula is C21H23ClN6O2. The summed E-state index contributed by atoms with van der Waals surface area (Å²) in [4.78, 5) is 23.9. The molecule has 0 unspecified atom stereocenters. The van der Waals surface area contributed by atoms with Gasteiger partial charge in [0.15, 0.2) is 11.4 Å². The zero-order valence-corrected chi connectivity index (χ0v) is 17.7. The predicted molar refractivity (Wildman–Crippen MR) is 112 cm³/mol. The van der Waals surface area contributed by atoms with Crippen LogP contribution in [0.4, 0.5) is 0 Å². The number of hydrogen-bond donors (Lipinski definition) is 1. The van der Waals surface area contributed by atoms with Crippen LogP contribution in [-0.2, 0) is 13.1 Å². The van der Waals surface area contributed by atoms with Crippen LogP contribution in [0.2, 0.25) is 5.02 Å². The largest absolute Gasteiger partial charge is 0.488 e. The van der Waals surface area contributed by atoms with Crippen LogP contribution in [0.3, 0.4) is 0 Å². The Morgan fingerprint density at radius 1 is 1.27 bits per heavy atom. The van der Waals surface area contributed by atoms with Gasteiger partial charge in [0.2, 0.25) is 0 Å². The number of rotatable bonds is 3. The summed E-state index contributed by atoms with van der Waals surface area (Å²) < 4.78 is 7.92. The second-order valence-electron chi connectivity index (χ2n) is 7.86. The van der Waals surface area contributed by atoms with Crippen LogP contribution < -0.4 is 10.1 Å². The number of amides is 1. The highest BCUT2D eigenvalue weighted by Crippen LogP contribution is 2.31. The number of fused-ring (bicyclic) bond motifs is 3. The quantitative estimate of drug-likeness (QED) is 0.693. The summed E-state index contributed by atoms with van der Waals surface area (Å²) in [6.07, 6.45) is 5.20. The van der Waals surface area contributed by atoms with Crippen molar-refractivity contribution in [2.24, 2.45) is 0 Å². The maximum atomic E-state index is 13.3. The second kappa shape index (κ2) is 7.52. The number of carbonyl (C=O) groups excluding carboxylic acids is 1. The Balaban J connectivity index is 1.41. The maximum Gasteiger partial charge on any atom is 0.258 e. The van der Waals surface area contributed by atoms with E-state index in [1.165, 1.54) is 0 Å². The van der Waals surface area contributed by atoms with Gasteiger partial charge in [-0.1, -0.05) is 11.6 Å². The average molecular weight is 427 g/mol. The molecule has 0 aromatic carbocycles. The highest BCUT2D eigenvalue weighted by molar-refractivity contribution is 6.31. The first-order valence-electron chi connectivity index (χ1n) is 10.2. The van der Waals surface area contributed by atoms with Crippen molar-refractivity contribution in [2.75, 3.05) is 13.1 Å². The Morgan fingerprint density at radius 3 is 2.87 bits per heavy atom. The lowest BCUT2D eigenvalue weighted by Crippen LogP contribution is -2.34. The molecule has 0 spiro atoms. The zero-order valence-electron chi connectivity index (χ0n) is 17.0. The number of carbonyl (C=O) groups is 1. The highest BCUT2D eigenvalue weighted by atomic mass is 35.5. The SMILES string of the molecule is Cc1nc2c3c(nn2c(C)c1Cl)CN(C(=O)c1ccncc1OC1CCNCC1)C3. The second-order valence-corrected chi connectivity index (χ2v) is 8.24. The van der Waals surface area contributed by atoms with Crippen LogP contribution in [0.5, 0.6) is 5.75 Å². The van der Waals surface area contributed by atoms with Gasteiger partial charge >= 0.3 is 0 Å². The first-order valence-corrected chi connectivity index (χ1v) is 10.5. The average Bonchev–Trinajstić information content (AvgIpc) is 3.32. The van der Waals surface area contributed by atoms with Crippen LogP contribution in [0.25, 0.3) is 5.65 Å². The molecule has 0 aliphatic carbocycles. The van der Waals surface area contributed by atoms with Gasteiger partial charge in [0.25, 0.3) is 5.91 Å². The lowest BCUT2D eigenvalue weighted by molar-refractivity contribution is 0.0739. The van der Waals surface area contributed by atoms with Crippen LogP contribution >= 0.6 is 11.6 Å². The molecule has 3 aromatic heterocycles. The van der Waals surface area contributed by atoms with Crippen molar-refractivity contribution in [3.8, 4) is 5.75 Å². The first-order chi connectivity index (χ1) is 14.5. The van der Waals surface area contributed by atoms with Crippen molar-refractivity contribution in [1.29, 1.82) is 0 Å². The minimum atomic E-state index is -0.0834. The first kappa shape index (κ1) is 19.3. The molecule has 1 amide bonds. The Hall–Kier alpha value is -2.71. The molecule has 1 saturated heterocycles. The van der Waals surface area contributed by atoms with E-state index in [9.17, 15) is 4.79 Å². The van der Waals surface area contributed by atoms with Gasteiger partial charge in [0.05, 0.1) is 47.0 Å². The van der Waals surface area contributed by atoms with Gasteiger partial charge < -0.3 is 15.0 Å². The van der Waals surface area contributed by atoms with E-state index in [1.54, 1.807) is 27.9 Å². The Labute approximate surface area is 179 Å². The number of ether oxygens (including phenoxy) is 1. The van der Waals surface area contributed by atoms with Crippen LogP contribution in [-0.4, -0.2) is 49.6 Å². The number of aromatic nitrogens is 4.